The fraction of sp³-hybridized carbons (Fsp3) is 0.294. The van der Waals surface area contributed by atoms with Crippen LogP contribution in [0.4, 0.5) is 5.13 Å². The van der Waals surface area contributed by atoms with E-state index in [0.29, 0.717) is 21.4 Å². The van der Waals surface area contributed by atoms with E-state index in [4.69, 9.17) is 17.0 Å². The fourth-order valence-corrected chi connectivity index (χ4v) is 6.44. The molecule has 2 aromatic rings. The number of terminal acetylenes is 1. The van der Waals surface area contributed by atoms with Gasteiger partial charge in [-0.2, -0.15) is 9.36 Å². The van der Waals surface area contributed by atoms with Crippen LogP contribution in [0.15, 0.2) is 26.3 Å². The quantitative estimate of drug-likeness (QED) is 0.0959. The number of oxime groups is 1. The van der Waals surface area contributed by atoms with Crippen molar-refractivity contribution in [2.75, 3.05) is 23.8 Å². The summed E-state index contributed by atoms with van der Waals surface area (Å²) in [6, 6.07) is -0.974. The summed E-state index contributed by atoms with van der Waals surface area (Å²) < 4.78 is 4.63. The first kappa shape index (κ1) is 23.9. The molecule has 0 aromatic carbocycles. The van der Waals surface area contributed by atoms with E-state index in [1.165, 1.54) is 39.8 Å². The second-order valence-electron chi connectivity index (χ2n) is 6.49. The van der Waals surface area contributed by atoms with E-state index < -0.39 is 29.2 Å². The number of anilines is 1. The molecule has 13 nitrogen and oxygen atoms in total. The number of nitrogens with zero attached hydrogens (tertiary/aromatic N) is 6. The molecule has 2 aromatic heterocycles. The highest BCUT2D eigenvalue weighted by Gasteiger charge is 2.54. The number of nitrogens with one attached hydrogen (secondary N) is 1. The second kappa shape index (κ2) is 10.4. The van der Waals surface area contributed by atoms with Gasteiger partial charge in [0.1, 0.15) is 22.6 Å². The minimum atomic E-state index is -1.22. The Labute approximate surface area is 208 Å². The molecule has 1 unspecified atom stereocenters. The van der Waals surface area contributed by atoms with Gasteiger partial charge < -0.3 is 21.0 Å². The van der Waals surface area contributed by atoms with Crippen molar-refractivity contribution < 1.29 is 24.3 Å². The molecule has 2 amide bonds. The molecule has 2 aliphatic heterocycles. The van der Waals surface area contributed by atoms with Gasteiger partial charge in [-0.15, -0.1) is 28.4 Å². The Hall–Kier alpha value is -3.20. The maximum absolute atomic E-state index is 12.9. The summed E-state index contributed by atoms with van der Waals surface area (Å²) in [7, 11) is 0. The molecular weight excluding hydrogens is 525 g/mol. The number of fused-ring (bicyclic) bond motifs is 1. The van der Waals surface area contributed by atoms with Crippen molar-refractivity contribution in [2.45, 2.75) is 15.8 Å². The Kier molecular flexibility index (Phi) is 7.31. The number of nitrogens with two attached hydrogens (primary N) is 1. The fourth-order valence-electron chi connectivity index (χ4n) is 3.03. The van der Waals surface area contributed by atoms with Gasteiger partial charge in [0.05, 0.1) is 0 Å². The molecule has 0 saturated carbocycles. The van der Waals surface area contributed by atoms with E-state index in [2.05, 4.69) is 35.9 Å². The summed E-state index contributed by atoms with van der Waals surface area (Å²) in [6.07, 6.45) is 5.13. The molecule has 4 rings (SSSR count). The number of aromatic nitrogens is 4. The molecule has 17 heteroatoms. The third-order valence-electron chi connectivity index (χ3n) is 4.42. The molecule has 4 heterocycles. The monoisotopic (exact) mass is 538 g/mol. The summed E-state index contributed by atoms with van der Waals surface area (Å²) in [5, 5.41) is 23.2. The number of hydrogen-bond acceptors (Lipinski definition) is 14. The maximum Gasteiger partial charge on any atom is 0.352 e. The van der Waals surface area contributed by atoms with Crippen molar-refractivity contribution >= 4 is 75.0 Å². The Bertz CT molecular complexity index is 1220. The highest BCUT2D eigenvalue weighted by atomic mass is 32.2. The summed E-state index contributed by atoms with van der Waals surface area (Å²) >= 11 is 4.88. The Balaban J connectivity index is 1.49. The van der Waals surface area contributed by atoms with E-state index in [-0.39, 0.29) is 29.0 Å². The molecule has 1 fully saturated rings. The van der Waals surface area contributed by atoms with Crippen molar-refractivity contribution in [3.63, 3.8) is 0 Å². The summed E-state index contributed by atoms with van der Waals surface area (Å²) in [6.45, 7) is -0.199. The first-order valence-corrected chi connectivity index (χ1v) is 12.9. The van der Waals surface area contributed by atoms with E-state index in [0.717, 1.165) is 11.5 Å². The van der Waals surface area contributed by atoms with Gasteiger partial charge in [0.2, 0.25) is 11.5 Å². The molecule has 176 valence electrons. The first-order valence-electron chi connectivity index (χ1n) is 9.23. The average Bonchev–Trinajstić information content (AvgIpc) is 3.49. The van der Waals surface area contributed by atoms with Gasteiger partial charge in [-0.3, -0.25) is 14.5 Å². The minimum absolute atomic E-state index is 0.0842. The lowest BCUT2D eigenvalue weighted by molar-refractivity contribution is -0.150. The van der Waals surface area contributed by atoms with Crippen LogP contribution in [0.2, 0.25) is 0 Å². The van der Waals surface area contributed by atoms with Crippen molar-refractivity contribution in [3.05, 3.63) is 22.6 Å². The maximum atomic E-state index is 12.9. The smallest absolute Gasteiger partial charge is 0.352 e. The number of rotatable bonds is 9. The number of amides is 2. The molecule has 1 saturated heterocycles. The molecule has 4 N–H and O–H groups in total. The predicted molar refractivity (Wildman–Crippen MR) is 126 cm³/mol. The van der Waals surface area contributed by atoms with Gasteiger partial charge in [-0.1, -0.05) is 34.2 Å². The SMILES string of the molecule is C#CCON=C(C(=O)NC1C(=O)N2C(C(=O)O)=C(CSc3nncs3)CS[C@H]12)c1nsc(N)n1. The van der Waals surface area contributed by atoms with Gasteiger partial charge in [0.15, 0.2) is 16.1 Å². The summed E-state index contributed by atoms with van der Waals surface area (Å²) in [5.74, 6) is 0.270. The van der Waals surface area contributed by atoms with Crippen LogP contribution < -0.4 is 11.1 Å². The summed E-state index contributed by atoms with van der Waals surface area (Å²) in [5.41, 5.74) is 7.35. The number of hydrogen-bond donors (Lipinski definition) is 3. The van der Waals surface area contributed by atoms with E-state index in [9.17, 15) is 19.5 Å². The zero-order chi connectivity index (χ0) is 24.2. The van der Waals surface area contributed by atoms with Crippen LogP contribution in [0.5, 0.6) is 0 Å². The lowest BCUT2D eigenvalue weighted by atomic mass is 10.0. The number of carbonyl (C=O) groups excluding carboxylic acids is 2. The van der Waals surface area contributed by atoms with Crippen molar-refractivity contribution in [2.24, 2.45) is 5.16 Å². The molecule has 0 spiro atoms. The van der Waals surface area contributed by atoms with Crippen LogP contribution in [0.25, 0.3) is 0 Å². The molecule has 34 heavy (non-hydrogen) atoms. The minimum Gasteiger partial charge on any atom is -0.477 e. The van der Waals surface area contributed by atoms with Gasteiger partial charge in [-0.25, -0.2) is 4.79 Å². The van der Waals surface area contributed by atoms with Crippen LogP contribution in [-0.2, 0) is 19.2 Å². The predicted octanol–water partition coefficient (Wildman–Crippen LogP) is -0.143. The van der Waals surface area contributed by atoms with Crippen LogP contribution in [0, 0.1) is 12.3 Å². The normalized spacial score (nSPS) is 19.8. The third-order valence-corrected chi connectivity index (χ3v) is 8.25. The van der Waals surface area contributed by atoms with Crippen molar-refractivity contribution in [1.29, 1.82) is 0 Å². The van der Waals surface area contributed by atoms with Crippen LogP contribution in [0.3, 0.4) is 0 Å². The highest BCUT2D eigenvalue weighted by Crippen LogP contribution is 2.41. The van der Waals surface area contributed by atoms with Crippen LogP contribution in [0.1, 0.15) is 5.82 Å². The molecular formula is C17H14N8O5S4. The molecule has 0 radical (unpaired) electrons. The Morgan fingerprint density at radius 2 is 2.32 bits per heavy atom. The van der Waals surface area contributed by atoms with Crippen LogP contribution >= 0.6 is 46.4 Å². The lowest BCUT2D eigenvalue weighted by Gasteiger charge is -2.49. The number of β-lactam (4-membered cyclic amide) rings is 1. The van der Waals surface area contributed by atoms with Gasteiger partial charge in [-0.05, 0) is 5.57 Å². The van der Waals surface area contributed by atoms with Crippen molar-refractivity contribution in [1.82, 2.24) is 29.8 Å². The topological polar surface area (TPSA) is 186 Å². The lowest BCUT2D eigenvalue weighted by Crippen LogP contribution is -2.71. The standard InChI is InChI=1S/C17H14N8O5S4/c1-2-3-30-23-8(11-21-16(18)34-24-11)12(26)20-9-13(27)25-10(15(28)29)7(4-31-14(9)25)5-32-17-22-19-6-33-17/h1,6,9,14H,3-5H2,(H,20,26)(H,28,29)(H2,18,21,24)/t9?,14-/m1/s1. The number of aliphatic carboxylic acids is 1. The van der Waals surface area contributed by atoms with Gasteiger partial charge in [0.25, 0.3) is 11.8 Å². The molecule has 0 bridgehead atoms. The highest BCUT2D eigenvalue weighted by molar-refractivity contribution is 8.01. The number of carboxylic acid groups (broad SMARTS) is 1. The molecule has 0 aliphatic carbocycles. The van der Waals surface area contributed by atoms with E-state index in [1.807, 2.05) is 0 Å². The molecule has 2 aliphatic rings. The van der Waals surface area contributed by atoms with Crippen molar-refractivity contribution in [3.8, 4) is 12.3 Å². The van der Waals surface area contributed by atoms with E-state index >= 15 is 0 Å². The largest absolute Gasteiger partial charge is 0.477 e. The number of thioether (sulfide) groups is 2. The number of nitrogen functional groups attached to an aromatic ring is 1. The Morgan fingerprint density at radius 1 is 1.50 bits per heavy atom. The van der Waals surface area contributed by atoms with Gasteiger partial charge >= 0.3 is 5.97 Å². The average molecular weight is 539 g/mol. The number of carbonyl (C=O) groups is 3. The zero-order valence-electron chi connectivity index (χ0n) is 16.9. The number of carboxylic acids is 1. The van der Waals surface area contributed by atoms with E-state index in [1.54, 1.807) is 5.51 Å². The van der Waals surface area contributed by atoms with Crippen LogP contribution in [-0.4, -0.2) is 82.6 Å². The second-order valence-corrected chi connectivity index (χ2v) is 10.4. The molecule has 2 atom stereocenters. The summed E-state index contributed by atoms with van der Waals surface area (Å²) in [4.78, 5) is 47.7. The third kappa shape index (κ3) is 4.84. The Morgan fingerprint density at radius 3 is 2.97 bits per heavy atom. The first-order chi connectivity index (χ1) is 16.4. The van der Waals surface area contributed by atoms with Gasteiger partial charge in [0, 0.05) is 23.0 Å². The zero-order valence-corrected chi connectivity index (χ0v) is 20.2.